The Kier molecular flexibility index (Phi) is 3.41. The van der Waals surface area contributed by atoms with E-state index in [0.29, 0.717) is 27.9 Å². The van der Waals surface area contributed by atoms with Crippen LogP contribution in [0.1, 0.15) is 53.1 Å². The molecule has 0 aromatic heterocycles. The second-order valence-corrected chi connectivity index (χ2v) is 8.24. The summed E-state index contributed by atoms with van der Waals surface area (Å²) >= 11 is 5.56. The Morgan fingerprint density at radius 1 is 1.25 bits per heavy atom. The Morgan fingerprint density at radius 3 is 2.40 bits per heavy atom. The summed E-state index contributed by atoms with van der Waals surface area (Å²) in [5, 5.41) is -0.590. The van der Waals surface area contributed by atoms with E-state index in [0.717, 1.165) is 31.2 Å². The van der Waals surface area contributed by atoms with Crippen molar-refractivity contribution in [3.63, 3.8) is 0 Å². The van der Waals surface area contributed by atoms with E-state index in [4.69, 9.17) is 11.6 Å². The van der Waals surface area contributed by atoms with Crippen molar-refractivity contribution in [3.05, 3.63) is 28.8 Å². The first-order valence-corrected chi connectivity index (χ1v) is 8.99. The predicted molar refractivity (Wildman–Crippen MR) is 78.1 cm³/mol. The van der Waals surface area contributed by atoms with Crippen molar-refractivity contribution in [1.82, 2.24) is 0 Å². The topological polar surface area (TPSA) is 51.2 Å². The van der Waals surface area contributed by atoms with Crippen LogP contribution in [-0.4, -0.2) is 19.4 Å². The van der Waals surface area contributed by atoms with Crippen LogP contribution in [-0.2, 0) is 9.84 Å². The zero-order valence-electron chi connectivity index (χ0n) is 11.4. The van der Waals surface area contributed by atoms with Gasteiger partial charge in [-0.25, -0.2) is 8.42 Å². The molecule has 2 aliphatic rings. The van der Waals surface area contributed by atoms with Crippen molar-refractivity contribution >= 4 is 26.7 Å². The molecule has 1 aromatic carbocycles. The molecule has 3 rings (SSSR count). The van der Waals surface area contributed by atoms with E-state index in [2.05, 4.69) is 0 Å². The van der Waals surface area contributed by atoms with Gasteiger partial charge in [-0.05, 0) is 73.2 Å². The van der Waals surface area contributed by atoms with Crippen LogP contribution in [0.3, 0.4) is 0 Å². The minimum absolute atomic E-state index is 0.202. The average Bonchev–Trinajstić information content (AvgIpc) is 3.21. The molecule has 0 spiro atoms. The zero-order valence-corrected chi connectivity index (χ0v) is 12.9. The van der Waals surface area contributed by atoms with Gasteiger partial charge < -0.3 is 0 Å². The maximum Gasteiger partial charge on any atom is 0.252 e. The number of rotatable bonds is 5. The number of hydrogen-bond acceptors (Lipinski definition) is 3. The van der Waals surface area contributed by atoms with Gasteiger partial charge >= 0.3 is 0 Å². The molecule has 0 N–H and O–H groups in total. The molecule has 20 heavy (non-hydrogen) atoms. The molecule has 0 atom stereocenters. The second-order valence-electron chi connectivity index (χ2n) is 5.93. The van der Waals surface area contributed by atoms with Crippen molar-refractivity contribution in [1.29, 1.82) is 0 Å². The Bertz CT molecular complexity index is 671. The molecule has 0 unspecified atom stereocenters. The average molecular weight is 313 g/mol. The van der Waals surface area contributed by atoms with Crippen molar-refractivity contribution in [2.75, 3.05) is 5.75 Å². The first-order chi connectivity index (χ1) is 9.40. The molecule has 108 valence electrons. The van der Waals surface area contributed by atoms with E-state index < -0.39 is 15.1 Å². The monoisotopic (exact) mass is 312 g/mol. The summed E-state index contributed by atoms with van der Waals surface area (Å²) in [6.07, 6.45) is 4.04. The fourth-order valence-electron chi connectivity index (χ4n) is 2.73. The summed E-state index contributed by atoms with van der Waals surface area (Å²) in [6, 6.07) is 3.44. The minimum Gasteiger partial charge on any atom is -0.276 e. The van der Waals surface area contributed by atoms with Gasteiger partial charge in [0, 0.05) is 5.56 Å². The summed E-state index contributed by atoms with van der Waals surface area (Å²) < 4.78 is 25.4. The van der Waals surface area contributed by atoms with E-state index in [1.807, 2.05) is 0 Å². The molecular formula is C15H17ClO3S. The van der Waals surface area contributed by atoms with Crippen LogP contribution >= 0.6 is 11.6 Å². The van der Waals surface area contributed by atoms with Crippen LogP contribution < -0.4 is 0 Å². The van der Waals surface area contributed by atoms with E-state index in [-0.39, 0.29) is 5.75 Å². The van der Waals surface area contributed by atoms with Gasteiger partial charge in [-0.15, -0.1) is 0 Å². The van der Waals surface area contributed by atoms with E-state index in [9.17, 15) is 13.2 Å². The molecule has 3 nitrogen and oxygen atoms in total. The molecule has 2 fully saturated rings. The molecule has 0 heterocycles. The van der Waals surface area contributed by atoms with E-state index >= 15 is 0 Å². The smallest absolute Gasteiger partial charge is 0.252 e. The highest BCUT2D eigenvalue weighted by atomic mass is 35.5. The highest BCUT2D eigenvalue weighted by Crippen LogP contribution is 2.45. The fraction of sp³-hybridized carbons (Fsp3) is 0.533. The number of halogens is 1. The van der Waals surface area contributed by atoms with Crippen molar-refractivity contribution < 1.29 is 13.2 Å². The van der Waals surface area contributed by atoms with Gasteiger partial charge in [0.25, 0.3) is 5.24 Å². The summed E-state index contributed by atoms with van der Waals surface area (Å²) in [7, 11) is -3.33. The van der Waals surface area contributed by atoms with Gasteiger partial charge in [-0.3, -0.25) is 4.79 Å². The summed E-state index contributed by atoms with van der Waals surface area (Å²) in [6.45, 7) is 1.70. The second kappa shape index (κ2) is 4.85. The summed E-state index contributed by atoms with van der Waals surface area (Å²) in [5.41, 5.74) is 1.71. The lowest BCUT2D eigenvalue weighted by molar-refractivity contribution is 0.108. The van der Waals surface area contributed by atoms with Crippen LogP contribution in [0, 0.1) is 12.8 Å². The minimum atomic E-state index is -3.33. The van der Waals surface area contributed by atoms with Gasteiger partial charge in [-0.2, -0.15) is 0 Å². The lowest BCUT2D eigenvalue weighted by Gasteiger charge is -2.15. The molecule has 5 heteroatoms. The van der Waals surface area contributed by atoms with Crippen LogP contribution in [0.2, 0.25) is 0 Å². The third-order valence-corrected chi connectivity index (χ3v) is 6.41. The summed E-state index contributed by atoms with van der Waals surface area (Å²) in [4.78, 5) is 11.8. The Balaban J connectivity index is 2.14. The lowest BCUT2D eigenvalue weighted by atomic mass is 10.0. The third-order valence-electron chi connectivity index (χ3n) is 4.13. The van der Waals surface area contributed by atoms with Gasteiger partial charge in [-0.1, -0.05) is 6.07 Å². The maximum atomic E-state index is 12.7. The third kappa shape index (κ3) is 2.63. The Hall–Kier alpha value is -0.870. The predicted octanol–water partition coefficient (Wildman–Crippen LogP) is 3.44. The first kappa shape index (κ1) is 14.1. The molecule has 0 aliphatic heterocycles. The maximum absolute atomic E-state index is 12.7. The van der Waals surface area contributed by atoms with Crippen molar-refractivity contribution in [2.45, 2.75) is 43.4 Å². The van der Waals surface area contributed by atoms with Crippen LogP contribution in [0.25, 0.3) is 0 Å². The fourth-order valence-corrected chi connectivity index (χ4v) is 5.23. The van der Waals surface area contributed by atoms with Crippen LogP contribution in [0.15, 0.2) is 17.0 Å². The first-order valence-electron chi connectivity index (χ1n) is 6.96. The molecule has 0 saturated heterocycles. The molecular weight excluding hydrogens is 296 g/mol. The van der Waals surface area contributed by atoms with E-state index in [1.54, 1.807) is 19.1 Å². The SMILES string of the molecule is Cc1c(C(=O)Cl)ccc(C2CC2)c1S(=O)(=O)CC1CC1. The number of benzene rings is 1. The zero-order chi connectivity index (χ0) is 14.5. The number of sulfone groups is 1. The number of carbonyl (C=O) groups is 1. The number of hydrogen-bond donors (Lipinski definition) is 0. The van der Waals surface area contributed by atoms with E-state index in [1.165, 1.54) is 0 Å². The molecule has 0 bridgehead atoms. The standard InChI is InChI=1S/C15H17ClO3S/c1-9-12(15(16)17)6-7-13(11-4-5-11)14(9)20(18,19)8-10-2-3-10/h6-7,10-11H,2-5,8H2,1H3. The van der Waals surface area contributed by atoms with Gasteiger partial charge in [0.15, 0.2) is 9.84 Å². The largest absolute Gasteiger partial charge is 0.276 e. The molecule has 1 aromatic rings. The van der Waals surface area contributed by atoms with Crippen LogP contribution in [0.4, 0.5) is 0 Å². The highest BCUT2D eigenvalue weighted by molar-refractivity contribution is 7.91. The van der Waals surface area contributed by atoms with Crippen molar-refractivity contribution in [3.8, 4) is 0 Å². The van der Waals surface area contributed by atoms with Gasteiger partial charge in [0.05, 0.1) is 10.6 Å². The quantitative estimate of drug-likeness (QED) is 0.783. The molecule has 2 saturated carbocycles. The molecule has 0 radical (unpaired) electrons. The summed E-state index contributed by atoms with van der Waals surface area (Å²) in [5.74, 6) is 0.826. The van der Waals surface area contributed by atoms with Gasteiger partial charge in [0.1, 0.15) is 0 Å². The lowest BCUT2D eigenvalue weighted by Crippen LogP contribution is -2.14. The molecule has 0 amide bonds. The normalized spacial score (nSPS) is 19.1. The highest BCUT2D eigenvalue weighted by Gasteiger charge is 2.36. The van der Waals surface area contributed by atoms with Crippen LogP contribution in [0.5, 0.6) is 0 Å². The van der Waals surface area contributed by atoms with Crippen molar-refractivity contribution in [2.24, 2.45) is 5.92 Å². The number of carbonyl (C=O) groups excluding carboxylic acids is 1. The molecule has 2 aliphatic carbocycles. The van der Waals surface area contributed by atoms with Gasteiger partial charge in [0.2, 0.25) is 0 Å². The Morgan fingerprint density at radius 2 is 1.90 bits per heavy atom. The Labute approximate surface area is 124 Å².